The quantitative estimate of drug-likeness (QED) is 0.697. The molecule has 1 aliphatic heterocycles. The maximum Gasteiger partial charge on any atom is 0.291 e. The van der Waals surface area contributed by atoms with Crippen LogP contribution < -0.4 is 10.6 Å². The van der Waals surface area contributed by atoms with Crippen molar-refractivity contribution < 1.29 is 14.0 Å². The highest BCUT2D eigenvalue weighted by molar-refractivity contribution is 6.03. The highest BCUT2D eigenvalue weighted by Crippen LogP contribution is 2.22. The van der Waals surface area contributed by atoms with Crippen molar-refractivity contribution in [2.75, 3.05) is 5.32 Å². The maximum absolute atomic E-state index is 12.8. The van der Waals surface area contributed by atoms with E-state index in [0.29, 0.717) is 30.0 Å². The Kier molecular flexibility index (Phi) is 5.12. The van der Waals surface area contributed by atoms with Crippen LogP contribution in [0.1, 0.15) is 51.0 Å². The Labute approximate surface area is 167 Å². The molecule has 0 bridgehead atoms. The monoisotopic (exact) mass is 389 g/mol. The van der Waals surface area contributed by atoms with Gasteiger partial charge in [0.15, 0.2) is 5.82 Å². The van der Waals surface area contributed by atoms with Gasteiger partial charge in [0.25, 0.3) is 11.8 Å². The van der Waals surface area contributed by atoms with E-state index in [-0.39, 0.29) is 29.9 Å². The van der Waals surface area contributed by atoms with E-state index in [1.807, 2.05) is 10.6 Å². The van der Waals surface area contributed by atoms with Crippen LogP contribution in [-0.2, 0) is 19.5 Å². The molecule has 0 radical (unpaired) electrons. The number of imidazole rings is 1. The topological polar surface area (TPSA) is 113 Å². The van der Waals surface area contributed by atoms with Crippen LogP contribution in [0.3, 0.4) is 0 Å². The van der Waals surface area contributed by atoms with Gasteiger partial charge in [0.05, 0.1) is 30.1 Å². The van der Waals surface area contributed by atoms with Gasteiger partial charge < -0.3 is 19.6 Å². The molecule has 2 N–H and O–H groups in total. The molecule has 0 saturated carbocycles. The number of benzene rings is 1. The van der Waals surface area contributed by atoms with Gasteiger partial charge in [-0.25, -0.2) is 4.98 Å². The number of fused-ring (bicyclic) bond motifs is 1. The van der Waals surface area contributed by atoms with Gasteiger partial charge in [0.2, 0.25) is 0 Å². The van der Waals surface area contributed by atoms with Crippen molar-refractivity contribution in [3.05, 3.63) is 71.2 Å². The zero-order valence-electron chi connectivity index (χ0n) is 15.6. The van der Waals surface area contributed by atoms with Crippen molar-refractivity contribution >= 4 is 17.5 Å². The summed E-state index contributed by atoms with van der Waals surface area (Å²) in [7, 11) is 0. The molecule has 4 rings (SSSR count). The number of nitrogens with zero attached hydrogens (tertiary/aromatic N) is 3. The molecule has 0 unspecified atom stereocenters. The Bertz CT molecular complexity index is 1070. The Balaban J connectivity index is 1.55. The summed E-state index contributed by atoms with van der Waals surface area (Å²) in [6.45, 7) is 0.898. The van der Waals surface area contributed by atoms with Gasteiger partial charge in [-0.05, 0) is 55.7 Å². The Morgan fingerprint density at radius 1 is 1.17 bits per heavy atom. The van der Waals surface area contributed by atoms with Crippen LogP contribution in [0.4, 0.5) is 5.69 Å². The second-order valence-electron chi connectivity index (χ2n) is 6.74. The van der Waals surface area contributed by atoms with Crippen LogP contribution >= 0.6 is 0 Å². The Hall–Kier alpha value is -3.86. The molecule has 8 heteroatoms. The predicted octanol–water partition coefficient (Wildman–Crippen LogP) is 2.87. The molecule has 146 valence electrons. The van der Waals surface area contributed by atoms with Gasteiger partial charge in [-0.3, -0.25) is 9.59 Å². The van der Waals surface area contributed by atoms with Gasteiger partial charge in [0, 0.05) is 12.2 Å². The molecule has 0 aliphatic carbocycles. The van der Waals surface area contributed by atoms with E-state index in [1.54, 1.807) is 42.7 Å². The number of furan rings is 1. The number of nitriles is 1. The van der Waals surface area contributed by atoms with Crippen LogP contribution in [0.5, 0.6) is 0 Å². The second kappa shape index (κ2) is 8.02. The largest absolute Gasteiger partial charge is 0.467 e. The molecule has 2 amide bonds. The third-order valence-corrected chi connectivity index (χ3v) is 4.81. The molecule has 2 aromatic heterocycles. The SMILES string of the molecule is N#Cc1ccc(NC(=O)c2nc(C(=O)NCc3ccco3)c3n2CCCC3)cc1. The molecule has 3 aromatic rings. The lowest BCUT2D eigenvalue weighted by atomic mass is 10.1. The van der Waals surface area contributed by atoms with Crippen LogP contribution in [0.15, 0.2) is 47.1 Å². The number of nitrogens with one attached hydrogen (secondary N) is 2. The minimum atomic E-state index is -0.386. The lowest BCUT2D eigenvalue weighted by Gasteiger charge is -2.17. The lowest BCUT2D eigenvalue weighted by Crippen LogP contribution is -2.25. The molecule has 0 fully saturated rings. The van der Waals surface area contributed by atoms with Gasteiger partial charge in [0.1, 0.15) is 11.5 Å². The van der Waals surface area contributed by atoms with Crippen molar-refractivity contribution in [2.45, 2.75) is 32.4 Å². The highest BCUT2D eigenvalue weighted by Gasteiger charge is 2.27. The smallest absolute Gasteiger partial charge is 0.291 e. The van der Waals surface area contributed by atoms with Gasteiger partial charge >= 0.3 is 0 Å². The summed E-state index contributed by atoms with van der Waals surface area (Å²) in [6, 6.07) is 12.1. The van der Waals surface area contributed by atoms with Crippen molar-refractivity contribution in [3.8, 4) is 6.07 Å². The van der Waals surface area contributed by atoms with Crippen molar-refractivity contribution in [1.82, 2.24) is 14.9 Å². The van der Waals surface area contributed by atoms with Gasteiger partial charge in [-0.1, -0.05) is 0 Å². The van der Waals surface area contributed by atoms with Crippen molar-refractivity contribution in [1.29, 1.82) is 5.26 Å². The predicted molar refractivity (Wildman–Crippen MR) is 104 cm³/mol. The zero-order chi connectivity index (χ0) is 20.2. The van der Waals surface area contributed by atoms with Crippen molar-refractivity contribution in [2.24, 2.45) is 0 Å². The molecular formula is C21H19N5O3. The average Bonchev–Trinajstić information content (AvgIpc) is 3.40. The summed E-state index contributed by atoms with van der Waals surface area (Å²) in [4.78, 5) is 29.9. The first-order valence-corrected chi connectivity index (χ1v) is 9.37. The van der Waals surface area contributed by atoms with E-state index >= 15 is 0 Å². The van der Waals surface area contributed by atoms with Crippen LogP contribution in [0, 0.1) is 11.3 Å². The molecule has 3 heterocycles. The highest BCUT2D eigenvalue weighted by atomic mass is 16.3. The number of aromatic nitrogens is 2. The van der Waals surface area contributed by atoms with E-state index in [0.717, 1.165) is 18.5 Å². The first-order chi connectivity index (χ1) is 14.2. The number of anilines is 1. The average molecular weight is 389 g/mol. The standard InChI is InChI=1S/C21H19N5O3/c22-12-14-6-8-15(9-7-14)24-21(28)19-25-18(17-5-1-2-10-26(17)19)20(27)23-13-16-4-3-11-29-16/h3-4,6-9,11H,1-2,5,10,13H2,(H,23,27)(H,24,28). The first-order valence-electron chi connectivity index (χ1n) is 9.37. The number of carbonyl (C=O) groups excluding carboxylic acids is 2. The third-order valence-electron chi connectivity index (χ3n) is 4.81. The fourth-order valence-corrected chi connectivity index (χ4v) is 3.38. The van der Waals surface area contributed by atoms with E-state index in [2.05, 4.69) is 15.6 Å². The van der Waals surface area contributed by atoms with E-state index < -0.39 is 0 Å². The molecule has 8 nitrogen and oxygen atoms in total. The summed E-state index contributed by atoms with van der Waals surface area (Å²) in [5.74, 6) is 0.143. The van der Waals surface area contributed by atoms with Crippen molar-refractivity contribution in [3.63, 3.8) is 0 Å². The lowest BCUT2D eigenvalue weighted by molar-refractivity contribution is 0.0942. The number of hydrogen-bond acceptors (Lipinski definition) is 5. The molecule has 0 atom stereocenters. The fourth-order valence-electron chi connectivity index (χ4n) is 3.38. The van der Waals surface area contributed by atoms with E-state index in [4.69, 9.17) is 9.68 Å². The molecular weight excluding hydrogens is 370 g/mol. The summed E-state index contributed by atoms with van der Waals surface area (Å²) >= 11 is 0. The Morgan fingerprint density at radius 3 is 2.72 bits per heavy atom. The number of rotatable bonds is 5. The normalized spacial score (nSPS) is 12.7. The maximum atomic E-state index is 12.8. The minimum absolute atomic E-state index is 0.215. The van der Waals surface area contributed by atoms with Gasteiger partial charge in [-0.15, -0.1) is 0 Å². The molecule has 0 spiro atoms. The van der Waals surface area contributed by atoms with E-state index in [9.17, 15) is 9.59 Å². The summed E-state index contributed by atoms with van der Waals surface area (Å²) in [5, 5.41) is 14.5. The number of hydrogen-bond donors (Lipinski definition) is 2. The third kappa shape index (κ3) is 3.89. The minimum Gasteiger partial charge on any atom is -0.467 e. The Morgan fingerprint density at radius 2 is 2.00 bits per heavy atom. The second-order valence-corrected chi connectivity index (χ2v) is 6.74. The molecule has 1 aromatic carbocycles. The summed E-state index contributed by atoms with van der Waals surface area (Å²) < 4.78 is 7.06. The first kappa shape index (κ1) is 18.5. The molecule has 0 saturated heterocycles. The summed E-state index contributed by atoms with van der Waals surface area (Å²) in [5.41, 5.74) is 2.13. The summed E-state index contributed by atoms with van der Waals surface area (Å²) in [6.07, 6.45) is 4.11. The van der Waals surface area contributed by atoms with Crippen LogP contribution in [-0.4, -0.2) is 21.4 Å². The zero-order valence-corrected chi connectivity index (χ0v) is 15.6. The molecule has 1 aliphatic rings. The van der Waals surface area contributed by atoms with E-state index in [1.165, 1.54) is 0 Å². The number of carbonyl (C=O) groups is 2. The number of amides is 2. The van der Waals surface area contributed by atoms with Crippen LogP contribution in [0.25, 0.3) is 0 Å². The molecule has 29 heavy (non-hydrogen) atoms. The fraction of sp³-hybridized carbons (Fsp3) is 0.238. The van der Waals surface area contributed by atoms with Crippen LogP contribution in [0.2, 0.25) is 0 Å². The van der Waals surface area contributed by atoms with Gasteiger partial charge in [-0.2, -0.15) is 5.26 Å².